The molecular weight excluding hydrogens is 322 g/mol. The Morgan fingerprint density at radius 1 is 1.55 bits per heavy atom. The molecule has 1 unspecified atom stereocenters. The molecule has 1 saturated heterocycles. The fourth-order valence-corrected chi connectivity index (χ4v) is 3.44. The number of anilines is 1. The topological polar surface area (TPSA) is 47.4 Å². The molecule has 0 bridgehead atoms. The highest BCUT2D eigenvalue weighted by atomic mass is 79.9. The Labute approximate surface area is 127 Å². The summed E-state index contributed by atoms with van der Waals surface area (Å²) in [5.41, 5.74) is 1.16. The van der Waals surface area contributed by atoms with E-state index in [-0.39, 0.29) is 17.1 Å². The minimum atomic E-state index is -0.00408. The van der Waals surface area contributed by atoms with Gasteiger partial charge in [-0.3, -0.25) is 4.79 Å². The highest BCUT2D eigenvalue weighted by molar-refractivity contribution is 9.09. The molecular formula is C14H20BrN3O2. The normalized spacial score (nSPS) is 24.1. The lowest BCUT2D eigenvalue weighted by atomic mass is 10.1. The molecule has 110 valence electrons. The van der Waals surface area contributed by atoms with Crippen LogP contribution >= 0.6 is 15.9 Å². The van der Waals surface area contributed by atoms with E-state index in [1.807, 2.05) is 6.20 Å². The van der Waals surface area contributed by atoms with Crippen LogP contribution in [0.5, 0.6) is 0 Å². The molecule has 0 spiro atoms. The summed E-state index contributed by atoms with van der Waals surface area (Å²) in [6, 6.07) is 1.70. The van der Waals surface area contributed by atoms with Crippen LogP contribution in [0.25, 0.3) is 0 Å². The van der Waals surface area contributed by atoms with Crippen molar-refractivity contribution < 1.29 is 4.74 Å². The number of ether oxygens (including phenoxy) is 1. The average molecular weight is 342 g/mol. The third-order valence-electron chi connectivity index (χ3n) is 4.42. The molecule has 6 heteroatoms. The van der Waals surface area contributed by atoms with Crippen LogP contribution in [-0.2, 0) is 11.3 Å². The molecule has 0 amide bonds. The predicted molar refractivity (Wildman–Crippen MR) is 81.6 cm³/mol. The number of alkyl halides is 1. The molecule has 5 nitrogen and oxygen atoms in total. The van der Waals surface area contributed by atoms with Crippen molar-refractivity contribution in [1.29, 1.82) is 0 Å². The van der Waals surface area contributed by atoms with Crippen LogP contribution in [0.1, 0.15) is 19.3 Å². The van der Waals surface area contributed by atoms with Crippen LogP contribution in [-0.4, -0.2) is 41.4 Å². The molecule has 1 aromatic heterocycles. The van der Waals surface area contributed by atoms with E-state index < -0.39 is 0 Å². The maximum absolute atomic E-state index is 12.2. The Morgan fingerprint density at radius 2 is 2.35 bits per heavy atom. The second kappa shape index (κ2) is 5.48. The molecule has 1 aliphatic heterocycles. The minimum absolute atomic E-state index is 0.00408. The monoisotopic (exact) mass is 341 g/mol. The Bertz CT molecular complexity index is 541. The number of aromatic nitrogens is 2. The highest BCUT2D eigenvalue weighted by Crippen LogP contribution is 2.48. The lowest BCUT2D eigenvalue weighted by Gasteiger charge is -2.19. The first-order chi connectivity index (χ1) is 9.65. The van der Waals surface area contributed by atoms with Gasteiger partial charge in [0, 0.05) is 31.6 Å². The second-order valence-electron chi connectivity index (χ2n) is 5.94. The largest absolute Gasteiger partial charge is 0.380 e. The van der Waals surface area contributed by atoms with Gasteiger partial charge in [0.2, 0.25) is 0 Å². The quantitative estimate of drug-likeness (QED) is 0.764. The zero-order chi connectivity index (χ0) is 14.2. The standard InChI is InChI=1S/C14H20BrN3O2/c1-20-12-2-5-17(8-12)11-6-13(19)18(16-7-11)10-14(9-15)3-4-14/h6-7,12H,2-5,8-10H2,1H3. The molecule has 3 rings (SSSR count). The van der Waals surface area contributed by atoms with E-state index in [2.05, 4.69) is 25.9 Å². The molecule has 1 saturated carbocycles. The fraction of sp³-hybridized carbons (Fsp3) is 0.714. The summed E-state index contributed by atoms with van der Waals surface area (Å²) < 4.78 is 6.95. The van der Waals surface area contributed by atoms with Crippen molar-refractivity contribution >= 4 is 21.6 Å². The predicted octanol–water partition coefficient (Wildman–Crippen LogP) is 1.64. The van der Waals surface area contributed by atoms with Crippen LogP contribution in [0.2, 0.25) is 0 Å². The average Bonchev–Trinajstić information content (AvgIpc) is 3.07. The Kier molecular flexibility index (Phi) is 3.86. The zero-order valence-corrected chi connectivity index (χ0v) is 13.3. The first kappa shape index (κ1) is 14.1. The molecule has 0 aromatic carbocycles. The number of hydrogen-bond acceptors (Lipinski definition) is 4. The van der Waals surface area contributed by atoms with Gasteiger partial charge in [-0.25, -0.2) is 4.68 Å². The van der Waals surface area contributed by atoms with Crippen molar-refractivity contribution in [3.05, 3.63) is 22.6 Å². The number of halogens is 1. The molecule has 0 N–H and O–H groups in total. The van der Waals surface area contributed by atoms with Crippen LogP contribution in [0, 0.1) is 5.41 Å². The lowest BCUT2D eigenvalue weighted by Crippen LogP contribution is -2.30. The molecule has 1 atom stereocenters. The van der Waals surface area contributed by atoms with E-state index in [1.54, 1.807) is 17.9 Å². The third-order valence-corrected chi connectivity index (χ3v) is 5.61. The Morgan fingerprint density at radius 3 is 2.90 bits per heavy atom. The van der Waals surface area contributed by atoms with Crippen molar-refractivity contribution in [3.63, 3.8) is 0 Å². The van der Waals surface area contributed by atoms with E-state index in [9.17, 15) is 4.79 Å². The van der Waals surface area contributed by atoms with Crippen molar-refractivity contribution in [2.75, 3.05) is 30.4 Å². The van der Waals surface area contributed by atoms with Gasteiger partial charge < -0.3 is 9.64 Å². The van der Waals surface area contributed by atoms with Gasteiger partial charge in [0.25, 0.3) is 5.56 Å². The van der Waals surface area contributed by atoms with Crippen molar-refractivity contribution in [2.24, 2.45) is 5.41 Å². The zero-order valence-electron chi connectivity index (χ0n) is 11.7. The summed E-state index contributed by atoms with van der Waals surface area (Å²) in [5, 5.41) is 5.29. The Balaban J connectivity index is 1.73. The smallest absolute Gasteiger partial charge is 0.268 e. The van der Waals surface area contributed by atoms with E-state index in [0.717, 1.165) is 37.1 Å². The van der Waals surface area contributed by atoms with E-state index in [0.29, 0.717) is 0 Å². The lowest BCUT2D eigenvalue weighted by molar-refractivity contribution is 0.121. The van der Waals surface area contributed by atoms with E-state index in [1.165, 1.54) is 12.8 Å². The number of nitrogens with zero attached hydrogens (tertiary/aromatic N) is 3. The first-order valence-corrected chi connectivity index (χ1v) is 8.19. The summed E-state index contributed by atoms with van der Waals surface area (Å²) in [4.78, 5) is 14.4. The molecule has 0 radical (unpaired) electrons. The maximum Gasteiger partial charge on any atom is 0.268 e. The molecule has 2 fully saturated rings. The van der Waals surface area contributed by atoms with E-state index >= 15 is 0 Å². The Hall–Kier alpha value is -0.880. The first-order valence-electron chi connectivity index (χ1n) is 7.07. The third kappa shape index (κ3) is 2.76. The second-order valence-corrected chi connectivity index (χ2v) is 6.50. The molecule has 1 aromatic rings. The SMILES string of the molecule is COC1CCN(c2cnn(CC3(CBr)CC3)c(=O)c2)C1. The van der Waals surface area contributed by atoms with Crippen LogP contribution in [0.4, 0.5) is 5.69 Å². The van der Waals surface area contributed by atoms with Gasteiger partial charge in [0.15, 0.2) is 0 Å². The highest BCUT2D eigenvalue weighted by Gasteiger charge is 2.42. The summed E-state index contributed by atoms with van der Waals surface area (Å²) >= 11 is 3.53. The number of rotatable bonds is 5. The van der Waals surface area contributed by atoms with Gasteiger partial charge in [-0.15, -0.1) is 0 Å². The van der Waals surface area contributed by atoms with E-state index in [4.69, 9.17) is 4.74 Å². The maximum atomic E-state index is 12.2. The van der Waals surface area contributed by atoms with Gasteiger partial charge in [0.05, 0.1) is 24.5 Å². The van der Waals surface area contributed by atoms with Gasteiger partial charge >= 0.3 is 0 Å². The number of methoxy groups -OCH3 is 1. The molecule has 2 heterocycles. The molecule has 20 heavy (non-hydrogen) atoms. The summed E-state index contributed by atoms with van der Waals surface area (Å²) in [6.07, 6.45) is 5.43. The van der Waals surface area contributed by atoms with Gasteiger partial charge in [-0.2, -0.15) is 5.10 Å². The summed E-state index contributed by atoms with van der Waals surface area (Å²) in [7, 11) is 1.74. The van der Waals surface area contributed by atoms with Crippen LogP contribution < -0.4 is 10.5 Å². The van der Waals surface area contributed by atoms with Crippen molar-refractivity contribution in [2.45, 2.75) is 31.9 Å². The van der Waals surface area contributed by atoms with Gasteiger partial charge in [-0.05, 0) is 24.7 Å². The van der Waals surface area contributed by atoms with Crippen LogP contribution in [0.3, 0.4) is 0 Å². The van der Waals surface area contributed by atoms with Crippen molar-refractivity contribution in [3.8, 4) is 0 Å². The molecule has 1 aliphatic carbocycles. The van der Waals surface area contributed by atoms with Crippen LogP contribution in [0.15, 0.2) is 17.1 Å². The van der Waals surface area contributed by atoms with Gasteiger partial charge in [0.1, 0.15) is 0 Å². The minimum Gasteiger partial charge on any atom is -0.380 e. The summed E-state index contributed by atoms with van der Waals surface area (Å²) in [6.45, 7) is 2.49. The van der Waals surface area contributed by atoms with Crippen molar-refractivity contribution in [1.82, 2.24) is 9.78 Å². The van der Waals surface area contributed by atoms with Gasteiger partial charge in [-0.1, -0.05) is 15.9 Å². The fourth-order valence-electron chi connectivity index (χ4n) is 2.70. The summed E-state index contributed by atoms with van der Waals surface area (Å²) in [5.74, 6) is 0. The number of hydrogen-bond donors (Lipinski definition) is 0. The molecule has 2 aliphatic rings.